The molecule has 0 spiro atoms. The lowest BCUT2D eigenvalue weighted by Crippen LogP contribution is -1.90. The van der Waals surface area contributed by atoms with Crippen LogP contribution in [0.3, 0.4) is 0 Å². The number of thioether (sulfide) groups is 1. The van der Waals surface area contributed by atoms with Crippen molar-refractivity contribution in [2.75, 3.05) is 0 Å². The van der Waals surface area contributed by atoms with Gasteiger partial charge in [-0.25, -0.2) is 0 Å². The van der Waals surface area contributed by atoms with Crippen molar-refractivity contribution in [3.05, 3.63) is 41.5 Å². The molecule has 1 aromatic carbocycles. The molecule has 0 aliphatic heterocycles. The molecule has 100 valence electrons. The highest BCUT2D eigenvalue weighted by atomic mass is 32.2. The highest BCUT2D eigenvalue weighted by molar-refractivity contribution is 7.98. The first-order valence-electron chi connectivity index (χ1n) is 6.24. The molecule has 0 fully saturated rings. The van der Waals surface area contributed by atoms with E-state index in [0.717, 1.165) is 29.1 Å². The normalized spacial score (nSPS) is 10.6. The third-order valence-electron chi connectivity index (χ3n) is 2.61. The van der Waals surface area contributed by atoms with Crippen LogP contribution >= 0.6 is 11.8 Å². The average Bonchev–Trinajstić information content (AvgIpc) is 2.85. The maximum Gasteiger partial charge on any atom is 0.237 e. The zero-order valence-electron chi connectivity index (χ0n) is 11.0. The van der Waals surface area contributed by atoms with E-state index in [1.54, 1.807) is 18.7 Å². The first kappa shape index (κ1) is 13.8. The van der Waals surface area contributed by atoms with Crippen molar-refractivity contribution in [3.8, 4) is 0 Å². The van der Waals surface area contributed by atoms with E-state index in [0.29, 0.717) is 11.6 Å². The average molecular weight is 276 g/mol. The van der Waals surface area contributed by atoms with Crippen LogP contribution in [0.15, 0.2) is 33.7 Å². The predicted molar refractivity (Wildman–Crippen MR) is 74.3 cm³/mol. The van der Waals surface area contributed by atoms with Gasteiger partial charge in [-0.3, -0.25) is 4.79 Å². The Morgan fingerprint density at radius 2 is 2.05 bits per heavy atom. The van der Waals surface area contributed by atoms with E-state index in [4.69, 9.17) is 4.52 Å². The van der Waals surface area contributed by atoms with Gasteiger partial charge >= 0.3 is 0 Å². The van der Waals surface area contributed by atoms with Crippen LogP contribution in [0.25, 0.3) is 0 Å². The van der Waals surface area contributed by atoms with E-state index < -0.39 is 0 Å². The maximum atomic E-state index is 11.2. The fourth-order valence-corrected chi connectivity index (χ4v) is 2.34. The van der Waals surface area contributed by atoms with E-state index in [1.807, 2.05) is 24.3 Å². The molecule has 0 amide bonds. The summed E-state index contributed by atoms with van der Waals surface area (Å²) in [4.78, 5) is 16.6. The number of hydrogen-bond donors (Lipinski definition) is 0. The van der Waals surface area contributed by atoms with Gasteiger partial charge in [-0.1, -0.05) is 24.2 Å². The number of ketones is 1. The summed E-state index contributed by atoms with van der Waals surface area (Å²) < 4.78 is 5.16. The van der Waals surface area contributed by atoms with Gasteiger partial charge in [0.25, 0.3) is 0 Å². The number of carbonyl (C=O) groups is 1. The third-order valence-corrected chi connectivity index (χ3v) is 3.60. The van der Waals surface area contributed by atoms with Crippen LogP contribution in [0.4, 0.5) is 0 Å². The Kier molecular flexibility index (Phi) is 4.74. The van der Waals surface area contributed by atoms with Crippen molar-refractivity contribution in [1.82, 2.24) is 10.1 Å². The van der Waals surface area contributed by atoms with E-state index in [9.17, 15) is 4.79 Å². The van der Waals surface area contributed by atoms with E-state index in [-0.39, 0.29) is 5.78 Å². The number of nitrogens with zero attached hydrogens (tertiary/aromatic N) is 2. The largest absolute Gasteiger partial charge is 0.338 e. The Bertz CT molecular complexity index is 549. The van der Waals surface area contributed by atoms with Crippen molar-refractivity contribution in [2.24, 2.45) is 0 Å². The molecule has 2 aromatic rings. The molecule has 1 heterocycles. The molecule has 0 aliphatic rings. The van der Waals surface area contributed by atoms with Gasteiger partial charge in [0, 0.05) is 16.9 Å². The first-order valence-corrected chi connectivity index (χ1v) is 7.23. The van der Waals surface area contributed by atoms with Crippen LogP contribution in [0.1, 0.15) is 42.3 Å². The van der Waals surface area contributed by atoms with Crippen LogP contribution in [-0.2, 0) is 12.2 Å². The third kappa shape index (κ3) is 3.92. The molecular formula is C14H16N2O2S. The molecule has 4 nitrogen and oxygen atoms in total. The van der Waals surface area contributed by atoms with Crippen LogP contribution in [0, 0.1) is 0 Å². The second kappa shape index (κ2) is 6.52. The molecule has 0 bridgehead atoms. The second-order valence-corrected chi connectivity index (χ2v) is 5.27. The zero-order valence-corrected chi connectivity index (χ0v) is 11.9. The summed E-state index contributed by atoms with van der Waals surface area (Å²) in [6.07, 6.45) is 1.86. The summed E-state index contributed by atoms with van der Waals surface area (Å²) >= 11 is 1.62. The highest BCUT2D eigenvalue weighted by Gasteiger charge is 2.06. The summed E-state index contributed by atoms with van der Waals surface area (Å²) in [7, 11) is 0. The van der Waals surface area contributed by atoms with Gasteiger partial charge in [-0.2, -0.15) is 4.98 Å². The lowest BCUT2D eigenvalue weighted by atomic mass is 10.2. The van der Waals surface area contributed by atoms with Crippen LogP contribution in [0.5, 0.6) is 0 Å². The van der Waals surface area contributed by atoms with E-state index in [1.165, 1.54) is 0 Å². The summed E-state index contributed by atoms with van der Waals surface area (Å²) in [5, 5.41) is 3.91. The SMILES string of the molecule is CCCc1noc(CSc2ccc(C(C)=O)cc2)n1. The minimum Gasteiger partial charge on any atom is -0.338 e. The Morgan fingerprint density at radius 1 is 1.32 bits per heavy atom. The van der Waals surface area contributed by atoms with Gasteiger partial charge in [0.05, 0.1) is 5.75 Å². The van der Waals surface area contributed by atoms with Crippen molar-refractivity contribution < 1.29 is 9.32 Å². The minimum atomic E-state index is 0.0812. The number of Topliss-reactive ketones (excluding diaryl/α,β-unsaturated/α-hetero) is 1. The molecule has 0 unspecified atom stereocenters. The first-order chi connectivity index (χ1) is 9.19. The number of rotatable bonds is 6. The van der Waals surface area contributed by atoms with Gasteiger partial charge in [0.1, 0.15) is 0 Å². The molecule has 0 radical (unpaired) electrons. The number of hydrogen-bond acceptors (Lipinski definition) is 5. The molecule has 2 rings (SSSR count). The number of aromatic nitrogens is 2. The fourth-order valence-electron chi connectivity index (χ4n) is 1.60. The van der Waals surface area contributed by atoms with Gasteiger partial charge in [0.2, 0.25) is 5.89 Å². The van der Waals surface area contributed by atoms with Crippen molar-refractivity contribution in [3.63, 3.8) is 0 Å². The monoisotopic (exact) mass is 276 g/mol. The van der Waals surface area contributed by atoms with Gasteiger partial charge < -0.3 is 4.52 Å². The smallest absolute Gasteiger partial charge is 0.237 e. The zero-order chi connectivity index (χ0) is 13.7. The molecule has 5 heteroatoms. The topological polar surface area (TPSA) is 56.0 Å². The molecule has 1 aromatic heterocycles. The standard InChI is InChI=1S/C14H16N2O2S/c1-3-4-13-15-14(18-16-13)9-19-12-7-5-11(6-8-12)10(2)17/h5-8H,3-4,9H2,1-2H3. The van der Waals surface area contributed by atoms with Crippen molar-refractivity contribution >= 4 is 17.5 Å². The molecular weight excluding hydrogens is 260 g/mol. The lowest BCUT2D eigenvalue weighted by molar-refractivity contribution is 0.101. The lowest BCUT2D eigenvalue weighted by Gasteiger charge is -1.99. The molecule has 0 N–H and O–H groups in total. The summed E-state index contributed by atoms with van der Waals surface area (Å²) in [5.41, 5.74) is 0.729. The number of carbonyl (C=O) groups excluding carboxylic acids is 1. The van der Waals surface area contributed by atoms with Crippen LogP contribution < -0.4 is 0 Å². The Labute approximate surface area is 116 Å². The Hall–Kier alpha value is -1.62. The van der Waals surface area contributed by atoms with Gasteiger partial charge in [-0.05, 0) is 25.5 Å². The fraction of sp³-hybridized carbons (Fsp3) is 0.357. The summed E-state index contributed by atoms with van der Waals surface area (Å²) in [6, 6.07) is 7.54. The van der Waals surface area contributed by atoms with E-state index in [2.05, 4.69) is 17.1 Å². The number of benzene rings is 1. The Balaban J connectivity index is 1.92. The molecule has 0 saturated heterocycles. The van der Waals surface area contributed by atoms with Crippen molar-refractivity contribution in [1.29, 1.82) is 0 Å². The molecule has 0 aliphatic carbocycles. The minimum absolute atomic E-state index is 0.0812. The van der Waals surface area contributed by atoms with Crippen LogP contribution in [0.2, 0.25) is 0 Å². The Morgan fingerprint density at radius 3 is 2.68 bits per heavy atom. The highest BCUT2D eigenvalue weighted by Crippen LogP contribution is 2.22. The molecule has 0 atom stereocenters. The van der Waals surface area contributed by atoms with Crippen LogP contribution in [-0.4, -0.2) is 15.9 Å². The maximum absolute atomic E-state index is 11.2. The molecule has 19 heavy (non-hydrogen) atoms. The summed E-state index contributed by atoms with van der Waals surface area (Å²) in [6.45, 7) is 3.65. The predicted octanol–water partition coefficient (Wildman–Crippen LogP) is 3.52. The van der Waals surface area contributed by atoms with Gasteiger partial charge in [-0.15, -0.1) is 11.8 Å². The summed E-state index contributed by atoms with van der Waals surface area (Å²) in [5.74, 6) is 2.14. The number of aryl methyl sites for hydroxylation is 1. The second-order valence-electron chi connectivity index (χ2n) is 4.22. The van der Waals surface area contributed by atoms with Crippen molar-refractivity contribution in [2.45, 2.75) is 37.3 Å². The van der Waals surface area contributed by atoms with E-state index >= 15 is 0 Å². The molecule has 0 saturated carbocycles. The quantitative estimate of drug-likeness (QED) is 0.597. The van der Waals surface area contributed by atoms with Gasteiger partial charge in [0.15, 0.2) is 11.6 Å².